The van der Waals surface area contributed by atoms with Gasteiger partial charge in [0.2, 0.25) is 5.78 Å². The number of esters is 3. The van der Waals surface area contributed by atoms with E-state index in [2.05, 4.69) is 0 Å². The van der Waals surface area contributed by atoms with Crippen molar-refractivity contribution in [1.29, 1.82) is 0 Å². The molecule has 7 atom stereocenters. The van der Waals surface area contributed by atoms with Crippen LogP contribution in [0.25, 0.3) is 0 Å². The molecule has 178 valence electrons. The van der Waals surface area contributed by atoms with Crippen molar-refractivity contribution in [3.05, 3.63) is 0 Å². The van der Waals surface area contributed by atoms with Crippen molar-refractivity contribution in [2.45, 2.75) is 82.0 Å². The van der Waals surface area contributed by atoms with Gasteiger partial charge in [-0.1, -0.05) is 0 Å². The van der Waals surface area contributed by atoms with Crippen LogP contribution in [0.5, 0.6) is 0 Å². The molecule has 7 unspecified atom stereocenters. The Morgan fingerprint density at radius 3 is 2.42 bits per heavy atom. The normalized spacial score (nSPS) is 45.7. The fraction of sp³-hybridized carbons (Fsp3) is 0.792. The Kier molecular flexibility index (Phi) is 4.49. The van der Waals surface area contributed by atoms with Crippen molar-refractivity contribution >= 4 is 29.7 Å². The fourth-order valence-corrected chi connectivity index (χ4v) is 8.46. The van der Waals surface area contributed by atoms with E-state index >= 15 is 0 Å². The molecule has 7 rings (SSSR count). The van der Waals surface area contributed by atoms with Gasteiger partial charge in [-0.2, -0.15) is 0 Å². The fourth-order valence-electron chi connectivity index (χ4n) is 8.46. The molecular formula is C24H28O9. The highest BCUT2D eigenvalue weighted by Gasteiger charge is 2.66. The number of aliphatic carboxylic acids is 1. The van der Waals surface area contributed by atoms with Crippen LogP contribution in [0.4, 0.5) is 0 Å². The summed E-state index contributed by atoms with van der Waals surface area (Å²) in [6.45, 7) is 0. The number of Topliss-reactive ketones (excluding diaryl/α,β-unsaturated/α-hetero) is 1. The van der Waals surface area contributed by atoms with Gasteiger partial charge >= 0.3 is 23.9 Å². The lowest BCUT2D eigenvalue weighted by Gasteiger charge is -2.60. The third-order valence-electron chi connectivity index (χ3n) is 9.22. The molecule has 0 aromatic heterocycles. The van der Waals surface area contributed by atoms with E-state index < -0.39 is 35.2 Å². The molecule has 33 heavy (non-hydrogen) atoms. The summed E-state index contributed by atoms with van der Waals surface area (Å²) in [6, 6.07) is 0. The molecule has 9 nitrogen and oxygen atoms in total. The molecule has 0 aromatic rings. The highest BCUT2D eigenvalue weighted by Crippen LogP contribution is 2.64. The molecule has 1 N–H and O–H groups in total. The standard InChI is InChI=1S/C24H28O9/c25-16(20(27)28)1-2-17(26)33-24-8-11-3-12(9-24)7-23(6-11,10-24)22(30)32-18-13-4-14-15(5-13)21(29)31-19(14)18/h11-15,18-19H,1-10H2,(H,27,28). The van der Waals surface area contributed by atoms with Crippen molar-refractivity contribution in [2.75, 3.05) is 0 Å². The van der Waals surface area contributed by atoms with Gasteiger partial charge in [0.1, 0.15) is 17.8 Å². The molecule has 0 amide bonds. The maximum absolute atomic E-state index is 13.6. The molecular weight excluding hydrogens is 432 g/mol. The summed E-state index contributed by atoms with van der Waals surface area (Å²) in [4.78, 5) is 60.2. The number of carboxylic acids is 1. The second-order valence-corrected chi connectivity index (χ2v) is 11.4. The van der Waals surface area contributed by atoms with Gasteiger partial charge in [-0.3, -0.25) is 19.2 Å². The smallest absolute Gasteiger partial charge is 0.372 e. The highest BCUT2D eigenvalue weighted by atomic mass is 16.6. The number of ether oxygens (including phenoxy) is 3. The molecule has 1 aliphatic heterocycles. The van der Waals surface area contributed by atoms with Crippen LogP contribution < -0.4 is 0 Å². The summed E-state index contributed by atoms with van der Waals surface area (Å²) in [5.74, 6) is -2.75. The number of carbonyl (C=O) groups is 5. The third-order valence-corrected chi connectivity index (χ3v) is 9.22. The van der Waals surface area contributed by atoms with Crippen LogP contribution in [0.3, 0.4) is 0 Å². The summed E-state index contributed by atoms with van der Waals surface area (Å²) in [5, 5.41) is 8.72. The van der Waals surface area contributed by atoms with Crippen LogP contribution in [-0.4, -0.2) is 52.6 Å². The molecule has 0 aromatic carbocycles. The van der Waals surface area contributed by atoms with Crippen molar-refractivity contribution in [1.82, 2.24) is 0 Å². The number of ketones is 1. The first-order valence-corrected chi connectivity index (χ1v) is 12.1. The number of carbonyl (C=O) groups excluding carboxylic acids is 4. The van der Waals surface area contributed by atoms with Crippen LogP contribution in [0.1, 0.15) is 64.2 Å². The molecule has 7 fully saturated rings. The van der Waals surface area contributed by atoms with E-state index in [4.69, 9.17) is 19.3 Å². The Balaban J connectivity index is 1.15. The average molecular weight is 460 g/mol. The summed E-state index contributed by atoms with van der Waals surface area (Å²) < 4.78 is 17.5. The van der Waals surface area contributed by atoms with Gasteiger partial charge in [0.05, 0.1) is 17.8 Å². The Morgan fingerprint density at radius 2 is 1.73 bits per heavy atom. The largest absolute Gasteiger partial charge is 0.476 e. The minimum Gasteiger partial charge on any atom is -0.476 e. The number of hydrogen-bond acceptors (Lipinski definition) is 8. The number of carboxylic acid groups (broad SMARTS) is 1. The van der Waals surface area contributed by atoms with Crippen molar-refractivity contribution in [3.8, 4) is 0 Å². The first-order chi connectivity index (χ1) is 15.7. The minimum absolute atomic E-state index is 0.0369. The van der Waals surface area contributed by atoms with E-state index in [-0.39, 0.29) is 60.2 Å². The van der Waals surface area contributed by atoms with E-state index in [0.717, 1.165) is 19.3 Å². The van der Waals surface area contributed by atoms with E-state index in [0.29, 0.717) is 32.1 Å². The SMILES string of the molecule is O=C(CCC(=O)C(=O)O)OC12CC3CC(C1)CC(C(=O)OC1C4CC5C(=O)OC1C5C4)(C3)C2. The molecule has 9 heteroatoms. The van der Waals surface area contributed by atoms with E-state index in [1.54, 1.807) is 0 Å². The van der Waals surface area contributed by atoms with Gasteiger partial charge in [0.15, 0.2) is 0 Å². The summed E-state index contributed by atoms with van der Waals surface area (Å²) in [7, 11) is 0. The van der Waals surface area contributed by atoms with Gasteiger partial charge in [-0.05, 0) is 56.8 Å². The van der Waals surface area contributed by atoms with E-state index in [9.17, 15) is 24.0 Å². The van der Waals surface area contributed by atoms with Crippen molar-refractivity contribution in [3.63, 3.8) is 0 Å². The lowest BCUT2D eigenvalue weighted by atomic mass is 9.48. The summed E-state index contributed by atoms with van der Waals surface area (Å²) in [6.07, 6.45) is 4.44. The molecule has 1 heterocycles. The Labute approximate surface area is 190 Å². The van der Waals surface area contributed by atoms with Gasteiger partial charge < -0.3 is 19.3 Å². The van der Waals surface area contributed by atoms with Crippen molar-refractivity contribution < 1.29 is 43.3 Å². The molecule has 6 aliphatic carbocycles. The quantitative estimate of drug-likeness (QED) is 0.343. The highest BCUT2D eigenvalue weighted by molar-refractivity contribution is 6.32. The summed E-state index contributed by atoms with van der Waals surface area (Å²) >= 11 is 0. The predicted molar refractivity (Wildman–Crippen MR) is 107 cm³/mol. The van der Waals surface area contributed by atoms with E-state index in [1.807, 2.05) is 0 Å². The molecule has 6 saturated carbocycles. The second kappa shape index (κ2) is 7.03. The third kappa shape index (κ3) is 3.21. The van der Waals surface area contributed by atoms with Gasteiger partial charge in [0.25, 0.3) is 0 Å². The lowest BCUT2D eigenvalue weighted by Crippen LogP contribution is -2.60. The van der Waals surface area contributed by atoms with Gasteiger partial charge in [-0.15, -0.1) is 0 Å². The Bertz CT molecular complexity index is 940. The van der Waals surface area contributed by atoms with Crippen LogP contribution in [0.15, 0.2) is 0 Å². The lowest BCUT2D eigenvalue weighted by molar-refractivity contribution is -0.217. The zero-order valence-corrected chi connectivity index (χ0v) is 18.3. The number of fused-ring (bicyclic) bond motifs is 1. The number of rotatable bonds is 7. The molecule has 1 saturated heterocycles. The van der Waals surface area contributed by atoms with Crippen LogP contribution in [0, 0.1) is 35.0 Å². The summed E-state index contributed by atoms with van der Waals surface area (Å²) in [5.41, 5.74) is -1.46. The zero-order valence-electron chi connectivity index (χ0n) is 18.3. The number of hydrogen-bond donors (Lipinski definition) is 1. The zero-order chi connectivity index (χ0) is 23.1. The monoisotopic (exact) mass is 460 g/mol. The Morgan fingerprint density at radius 1 is 1.00 bits per heavy atom. The average Bonchev–Trinajstić information content (AvgIpc) is 3.35. The van der Waals surface area contributed by atoms with E-state index in [1.165, 1.54) is 0 Å². The Hall–Kier alpha value is -2.45. The van der Waals surface area contributed by atoms with Gasteiger partial charge in [-0.25, -0.2) is 4.79 Å². The molecule has 0 radical (unpaired) electrons. The van der Waals surface area contributed by atoms with Gasteiger partial charge in [0, 0.05) is 24.7 Å². The van der Waals surface area contributed by atoms with Crippen molar-refractivity contribution in [2.24, 2.45) is 35.0 Å². The molecule has 7 aliphatic rings. The second-order valence-electron chi connectivity index (χ2n) is 11.4. The first kappa shape index (κ1) is 21.1. The molecule has 0 spiro atoms. The molecule has 6 bridgehead atoms. The van der Waals surface area contributed by atoms with Crippen LogP contribution in [-0.2, 0) is 38.2 Å². The van der Waals surface area contributed by atoms with Crippen LogP contribution >= 0.6 is 0 Å². The maximum Gasteiger partial charge on any atom is 0.372 e. The topological polar surface area (TPSA) is 133 Å². The first-order valence-electron chi connectivity index (χ1n) is 12.1. The maximum atomic E-state index is 13.6. The van der Waals surface area contributed by atoms with Crippen LogP contribution in [0.2, 0.25) is 0 Å². The minimum atomic E-state index is -1.56. The predicted octanol–water partition coefficient (Wildman–Crippen LogP) is 1.80.